The molecular weight excluding hydrogens is 408 g/mol. The number of rotatable bonds is 18. The summed E-state index contributed by atoms with van der Waals surface area (Å²) in [4.78, 5) is 8.98. The van der Waals surface area contributed by atoms with Crippen LogP contribution in [0.2, 0.25) is 0 Å². The van der Waals surface area contributed by atoms with Crippen molar-refractivity contribution in [3.8, 4) is 17.1 Å². The predicted octanol–water partition coefficient (Wildman–Crippen LogP) is 8.27. The minimum absolute atomic E-state index is 0.337. The van der Waals surface area contributed by atoms with Crippen molar-refractivity contribution >= 4 is 6.08 Å². The Morgan fingerprint density at radius 3 is 2.12 bits per heavy atom. The second kappa shape index (κ2) is 17.3. The number of aromatic nitrogens is 2. The second-order valence-corrected chi connectivity index (χ2v) is 8.92. The van der Waals surface area contributed by atoms with Gasteiger partial charge in [-0.1, -0.05) is 94.7 Å². The van der Waals surface area contributed by atoms with Crippen LogP contribution in [0.5, 0.6) is 5.75 Å². The summed E-state index contributed by atoms with van der Waals surface area (Å²) in [5.41, 5.74) is 2.21. The van der Waals surface area contributed by atoms with Gasteiger partial charge in [-0.25, -0.2) is 9.97 Å². The van der Waals surface area contributed by atoms with Gasteiger partial charge in [-0.3, -0.25) is 0 Å². The smallest absolute Gasteiger partial charge is 0.159 e. The molecule has 33 heavy (non-hydrogen) atoms. The van der Waals surface area contributed by atoms with Gasteiger partial charge in [0, 0.05) is 12.7 Å². The van der Waals surface area contributed by atoms with Gasteiger partial charge < -0.3 is 9.47 Å². The average Bonchev–Trinajstić information content (AvgIpc) is 2.85. The number of hydrogen-bond donors (Lipinski definition) is 0. The van der Waals surface area contributed by atoms with Gasteiger partial charge in [-0.15, -0.1) is 0 Å². The lowest BCUT2D eigenvalue weighted by atomic mass is 10.1. The lowest BCUT2D eigenvalue weighted by molar-refractivity contribution is 0.109. The van der Waals surface area contributed by atoms with Crippen molar-refractivity contribution in [3.05, 3.63) is 48.3 Å². The predicted molar refractivity (Wildman–Crippen MR) is 140 cm³/mol. The number of ether oxygens (including phenoxy) is 2. The minimum Gasteiger partial charge on any atom is -0.490 e. The fourth-order valence-electron chi connectivity index (χ4n) is 3.75. The Kier molecular flexibility index (Phi) is 14.2. The average molecular weight is 453 g/mol. The van der Waals surface area contributed by atoms with Crippen LogP contribution in [0.15, 0.2) is 42.7 Å². The van der Waals surface area contributed by atoms with Gasteiger partial charge in [0.1, 0.15) is 0 Å². The number of unbranched alkanes of at least 4 members (excludes halogenated alkanes) is 9. The normalized spacial score (nSPS) is 12.3. The van der Waals surface area contributed by atoms with Crippen LogP contribution < -0.4 is 4.74 Å². The van der Waals surface area contributed by atoms with E-state index >= 15 is 0 Å². The highest BCUT2D eigenvalue weighted by Crippen LogP contribution is 2.18. The van der Waals surface area contributed by atoms with E-state index in [1.54, 1.807) is 19.5 Å². The lowest BCUT2D eigenvalue weighted by Gasteiger charge is -2.07. The maximum atomic E-state index is 5.82. The first-order chi connectivity index (χ1) is 16.2. The molecule has 1 atom stereocenters. The largest absolute Gasteiger partial charge is 0.490 e. The highest BCUT2D eigenvalue weighted by Gasteiger charge is 2.03. The highest BCUT2D eigenvalue weighted by atomic mass is 16.5. The van der Waals surface area contributed by atoms with Crippen molar-refractivity contribution in [2.45, 2.75) is 97.0 Å². The number of allylic oxidation sites excluding steroid dienone is 1. The SMILES string of the molecule is CCCCCCCCCCCOc1cnc(-c2ccc(/C=C/CCCC(C)OC)cc2)nc1. The summed E-state index contributed by atoms with van der Waals surface area (Å²) in [6.07, 6.45) is 23.5. The number of benzene rings is 1. The van der Waals surface area contributed by atoms with Gasteiger partial charge in [0.15, 0.2) is 11.6 Å². The van der Waals surface area contributed by atoms with E-state index in [1.807, 2.05) is 0 Å². The van der Waals surface area contributed by atoms with Gasteiger partial charge in [0.05, 0.1) is 25.1 Å². The van der Waals surface area contributed by atoms with Crippen LogP contribution in [-0.4, -0.2) is 29.8 Å². The molecule has 4 nitrogen and oxygen atoms in total. The van der Waals surface area contributed by atoms with E-state index in [9.17, 15) is 0 Å². The van der Waals surface area contributed by atoms with E-state index < -0.39 is 0 Å². The zero-order valence-electron chi connectivity index (χ0n) is 21.1. The van der Waals surface area contributed by atoms with Gasteiger partial charge in [-0.05, 0) is 38.2 Å². The van der Waals surface area contributed by atoms with E-state index in [2.05, 4.69) is 60.2 Å². The molecule has 0 N–H and O–H groups in total. The Balaban J connectivity index is 1.63. The third kappa shape index (κ3) is 12.0. The molecule has 2 aromatic rings. The van der Waals surface area contributed by atoms with Gasteiger partial charge in [-0.2, -0.15) is 0 Å². The second-order valence-electron chi connectivity index (χ2n) is 8.92. The number of methoxy groups -OCH3 is 1. The van der Waals surface area contributed by atoms with Crippen LogP contribution >= 0.6 is 0 Å². The van der Waals surface area contributed by atoms with Crippen LogP contribution in [0.4, 0.5) is 0 Å². The molecule has 0 saturated carbocycles. The summed E-state index contributed by atoms with van der Waals surface area (Å²) >= 11 is 0. The van der Waals surface area contributed by atoms with Crippen molar-refractivity contribution in [1.29, 1.82) is 0 Å². The molecule has 1 aromatic carbocycles. The topological polar surface area (TPSA) is 44.2 Å². The molecule has 0 aliphatic rings. The van der Waals surface area contributed by atoms with E-state index in [0.717, 1.165) is 49.4 Å². The van der Waals surface area contributed by atoms with Gasteiger partial charge in [0.2, 0.25) is 0 Å². The maximum Gasteiger partial charge on any atom is 0.159 e. The van der Waals surface area contributed by atoms with Crippen molar-refractivity contribution in [2.75, 3.05) is 13.7 Å². The third-order valence-corrected chi connectivity index (χ3v) is 6.01. The van der Waals surface area contributed by atoms with Crippen LogP contribution in [0.3, 0.4) is 0 Å². The summed E-state index contributed by atoms with van der Waals surface area (Å²) < 4.78 is 11.1. The Morgan fingerprint density at radius 2 is 1.48 bits per heavy atom. The summed E-state index contributed by atoms with van der Waals surface area (Å²) in [7, 11) is 1.77. The van der Waals surface area contributed by atoms with E-state index in [-0.39, 0.29) is 0 Å². The van der Waals surface area contributed by atoms with Crippen LogP contribution in [0, 0.1) is 0 Å². The molecule has 1 unspecified atom stereocenters. The molecule has 0 aliphatic heterocycles. The van der Waals surface area contributed by atoms with E-state index in [0.29, 0.717) is 6.10 Å². The van der Waals surface area contributed by atoms with Crippen molar-refractivity contribution in [2.24, 2.45) is 0 Å². The first-order valence-electron chi connectivity index (χ1n) is 13.0. The molecule has 0 bridgehead atoms. The first-order valence-corrected chi connectivity index (χ1v) is 13.0. The fourth-order valence-corrected chi connectivity index (χ4v) is 3.75. The number of nitrogens with zero attached hydrogens (tertiary/aromatic N) is 2. The van der Waals surface area contributed by atoms with Gasteiger partial charge >= 0.3 is 0 Å². The zero-order chi connectivity index (χ0) is 23.6. The molecule has 2 rings (SSSR count). The molecule has 0 spiro atoms. The zero-order valence-corrected chi connectivity index (χ0v) is 21.1. The molecule has 182 valence electrons. The molecule has 1 aromatic heterocycles. The van der Waals surface area contributed by atoms with Gasteiger partial charge in [0.25, 0.3) is 0 Å². The molecule has 0 fully saturated rings. The first kappa shape index (κ1) is 27.0. The number of hydrogen-bond acceptors (Lipinski definition) is 4. The summed E-state index contributed by atoms with van der Waals surface area (Å²) in [6.45, 7) is 5.12. The van der Waals surface area contributed by atoms with E-state index in [1.165, 1.54) is 56.9 Å². The quantitative estimate of drug-likeness (QED) is 0.213. The minimum atomic E-state index is 0.337. The lowest BCUT2D eigenvalue weighted by Crippen LogP contribution is -2.03. The molecule has 0 amide bonds. The summed E-state index contributed by atoms with van der Waals surface area (Å²) in [5, 5.41) is 0. The molecule has 0 saturated heterocycles. The highest BCUT2D eigenvalue weighted by molar-refractivity contribution is 5.59. The Bertz CT molecular complexity index is 756. The third-order valence-electron chi connectivity index (χ3n) is 6.01. The van der Waals surface area contributed by atoms with Crippen molar-refractivity contribution in [3.63, 3.8) is 0 Å². The Labute approximate surface area is 201 Å². The standard InChI is InChI=1S/C29H44N2O2/c1-4-5-6-7-8-9-10-11-15-22-33-28-23-30-29(31-24-28)27-20-18-26(19-21-27)17-14-12-13-16-25(2)32-3/h14,17-21,23-25H,4-13,15-16,22H2,1-3H3/b17-14+. The summed E-state index contributed by atoms with van der Waals surface area (Å²) in [6, 6.07) is 8.37. The van der Waals surface area contributed by atoms with Crippen LogP contribution in [-0.2, 0) is 4.74 Å². The van der Waals surface area contributed by atoms with Crippen molar-refractivity contribution in [1.82, 2.24) is 9.97 Å². The molecule has 0 aliphatic carbocycles. The fraction of sp³-hybridized carbons (Fsp3) is 0.586. The Hall–Kier alpha value is -2.20. The molecule has 1 heterocycles. The monoisotopic (exact) mass is 452 g/mol. The summed E-state index contributed by atoms with van der Waals surface area (Å²) in [5.74, 6) is 1.48. The van der Waals surface area contributed by atoms with E-state index in [4.69, 9.17) is 9.47 Å². The van der Waals surface area contributed by atoms with Crippen molar-refractivity contribution < 1.29 is 9.47 Å². The molecule has 4 heteroatoms. The Morgan fingerprint density at radius 1 is 0.848 bits per heavy atom. The van der Waals surface area contributed by atoms with Crippen LogP contribution in [0.25, 0.3) is 17.5 Å². The molecule has 0 radical (unpaired) electrons. The van der Waals surface area contributed by atoms with Crippen LogP contribution in [0.1, 0.15) is 96.5 Å². The molecular formula is C29H44N2O2. The maximum absolute atomic E-state index is 5.82.